The molecule has 9 heteroatoms. The largest absolute Gasteiger partial charge is 0.466 e. The topological polar surface area (TPSA) is 102 Å². The molecule has 0 radical (unpaired) electrons. The zero-order valence-corrected chi connectivity index (χ0v) is 20.1. The first kappa shape index (κ1) is 26.0. The first-order valence-corrected chi connectivity index (χ1v) is 11.8. The van der Waals surface area contributed by atoms with Crippen LogP contribution in [0.2, 0.25) is 0 Å². The van der Waals surface area contributed by atoms with Crippen LogP contribution in [0.1, 0.15) is 45.6 Å². The molecular formula is C26H30F2N4O3. The molecule has 3 N–H and O–H groups in total. The molecule has 0 aliphatic heterocycles. The maximum absolute atomic E-state index is 13.2. The van der Waals surface area contributed by atoms with Crippen molar-refractivity contribution in [1.29, 1.82) is 5.26 Å². The number of aromatic nitrogens is 1. The van der Waals surface area contributed by atoms with Gasteiger partial charge in [0.15, 0.2) is 0 Å². The van der Waals surface area contributed by atoms with E-state index in [1.165, 1.54) is 12.1 Å². The Bertz CT molecular complexity index is 1220. The summed E-state index contributed by atoms with van der Waals surface area (Å²) in [5.41, 5.74) is 7.63. The number of alkyl halides is 2. The van der Waals surface area contributed by atoms with Crippen molar-refractivity contribution in [2.75, 3.05) is 11.9 Å². The van der Waals surface area contributed by atoms with Crippen LogP contribution in [0.15, 0.2) is 42.5 Å². The highest BCUT2D eigenvalue weighted by Crippen LogP contribution is 2.40. The first-order chi connectivity index (χ1) is 16.8. The summed E-state index contributed by atoms with van der Waals surface area (Å²) in [6.07, 6.45) is -1.54. The van der Waals surface area contributed by atoms with Gasteiger partial charge in [0.25, 0.3) is 0 Å². The van der Waals surface area contributed by atoms with E-state index in [1.54, 1.807) is 24.3 Å². The molecule has 0 unspecified atom stereocenters. The van der Waals surface area contributed by atoms with Gasteiger partial charge in [0.1, 0.15) is 11.8 Å². The quantitative estimate of drug-likeness (QED) is 0.282. The molecule has 1 saturated carbocycles. The third kappa shape index (κ3) is 6.49. The van der Waals surface area contributed by atoms with Crippen LogP contribution < -0.4 is 15.8 Å². The van der Waals surface area contributed by atoms with Crippen molar-refractivity contribution in [2.24, 2.45) is 11.7 Å². The van der Waals surface area contributed by atoms with E-state index in [2.05, 4.69) is 16.1 Å². The van der Waals surface area contributed by atoms with Gasteiger partial charge in [-0.05, 0) is 49.4 Å². The van der Waals surface area contributed by atoms with Gasteiger partial charge in [-0.3, -0.25) is 5.32 Å². The monoisotopic (exact) mass is 484 g/mol. The van der Waals surface area contributed by atoms with Crippen LogP contribution in [0.3, 0.4) is 0 Å². The normalized spacial score (nSPS) is 12.9. The number of hydrogen-bond acceptors (Lipinski definition) is 5. The maximum Gasteiger partial charge on any atom is 0.466 e. The number of hydrogen-bond donors (Lipinski definition) is 2. The van der Waals surface area contributed by atoms with Crippen molar-refractivity contribution in [3.05, 3.63) is 48.0 Å². The summed E-state index contributed by atoms with van der Waals surface area (Å²) in [7, 11) is 0. The van der Waals surface area contributed by atoms with Crippen molar-refractivity contribution < 1.29 is 23.0 Å². The lowest BCUT2D eigenvalue weighted by atomic mass is 10.1. The van der Waals surface area contributed by atoms with Gasteiger partial charge in [-0.15, -0.1) is 8.78 Å². The average molecular weight is 485 g/mol. The lowest BCUT2D eigenvalue weighted by Gasteiger charge is -2.14. The van der Waals surface area contributed by atoms with Crippen LogP contribution in [0.4, 0.5) is 19.3 Å². The fraction of sp³-hybridized carbons (Fsp3) is 0.385. The Morgan fingerprint density at radius 2 is 2.00 bits per heavy atom. The summed E-state index contributed by atoms with van der Waals surface area (Å²) < 4.78 is 38.0. The average Bonchev–Trinajstić information content (AvgIpc) is 3.59. The molecule has 7 nitrogen and oxygen atoms in total. The number of halogens is 2. The number of carbonyl (C=O) groups excluding carboxylic acids is 1. The minimum absolute atomic E-state index is 0.0883. The number of ether oxygens (including phenoxy) is 2. The second-order valence-electron chi connectivity index (χ2n) is 8.07. The molecule has 35 heavy (non-hydrogen) atoms. The van der Waals surface area contributed by atoms with E-state index in [4.69, 9.17) is 10.5 Å². The zero-order valence-electron chi connectivity index (χ0n) is 20.1. The Morgan fingerprint density at radius 3 is 2.63 bits per heavy atom. The summed E-state index contributed by atoms with van der Waals surface area (Å²) in [4.78, 5) is 12.0. The minimum Gasteiger partial charge on any atom is -0.449 e. The molecule has 2 aromatic carbocycles. The number of benzene rings is 2. The zero-order chi connectivity index (χ0) is 25.6. The summed E-state index contributed by atoms with van der Waals surface area (Å²) in [6, 6.07) is 13.8. The number of anilines is 1. The standard InChI is InChI=1S/C24H24F2N4O3.C2H6/c1-2-10-32-23(31)29-17-5-3-4-16(11-17)22-20(13-27)19-9-8-18(33-24(25,26)28)12-21(19)30(22)14-15-6-7-15;1-2/h3-5,8-9,11-12,15H,2,6-7,10,14,28H2,1H3,(H,29,31);1-2H3. The number of nitrogens with one attached hydrogen (secondary N) is 1. The van der Waals surface area contributed by atoms with Crippen LogP contribution in [-0.2, 0) is 11.3 Å². The van der Waals surface area contributed by atoms with Gasteiger partial charge in [-0.2, -0.15) is 5.26 Å². The van der Waals surface area contributed by atoms with Crippen molar-refractivity contribution in [1.82, 2.24) is 4.57 Å². The number of fused-ring (bicyclic) bond motifs is 1. The van der Waals surface area contributed by atoms with Gasteiger partial charge in [-0.1, -0.05) is 32.9 Å². The van der Waals surface area contributed by atoms with E-state index < -0.39 is 12.3 Å². The number of nitrogens with zero attached hydrogens (tertiary/aromatic N) is 2. The Kier molecular flexibility index (Phi) is 8.30. The van der Waals surface area contributed by atoms with E-state index in [1.807, 2.05) is 31.4 Å². The molecule has 4 rings (SSSR count). The van der Waals surface area contributed by atoms with Crippen LogP contribution in [-0.4, -0.2) is 23.5 Å². The Labute approximate surface area is 203 Å². The molecule has 0 spiro atoms. The summed E-state index contributed by atoms with van der Waals surface area (Å²) in [6.45, 7) is 6.85. The molecular weight excluding hydrogens is 454 g/mol. The number of nitrogens with two attached hydrogens (primary N) is 1. The highest BCUT2D eigenvalue weighted by molar-refractivity contribution is 5.96. The van der Waals surface area contributed by atoms with Crippen molar-refractivity contribution in [2.45, 2.75) is 52.8 Å². The van der Waals surface area contributed by atoms with Crippen LogP contribution in [0, 0.1) is 17.2 Å². The third-order valence-electron chi connectivity index (χ3n) is 5.36. The Hall–Kier alpha value is -3.64. The van der Waals surface area contributed by atoms with Gasteiger partial charge in [0.2, 0.25) is 0 Å². The maximum atomic E-state index is 13.2. The second-order valence-corrected chi connectivity index (χ2v) is 8.07. The summed E-state index contributed by atoms with van der Waals surface area (Å²) in [5.74, 6) is 0.353. The third-order valence-corrected chi connectivity index (χ3v) is 5.36. The van der Waals surface area contributed by atoms with E-state index in [0.29, 0.717) is 58.9 Å². The fourth-order valence-electron chi connectivity index (χ4n) is 3.80. The van der Waals surface area contributed by atoms with E-state index in [0.717, 1.165) is 12.8 Å². The Morgan fingerprint density at radius 1 is 1.26 bits per heavy atom. The lowest BCUT2D eigenvalue weighted by Crippen LogP contribution is -2.35. The molecule has 1 aliphatic carbocycles. The number of rotatable bonds is 8. The predicted octanol–water partition coefficient (Wildman–Crippen LogP) is 6.46. The fourth-order valence-corrected chi connectivity index (χ4v) is 3.80. The smallest absolute Gasteiger partial charge is 0.449 e. The van der Waals surface area contributed by atoms with Gasteiger partial charge < -0.3 is 14.0 Å². The van der Waals surface area contributed by atoms with E-state index >= 15 is 0 Å². The highest BCUT2D eigenvalue weighted by Gasteiger charge is 2.28. The molecule has 1 amide bonds. The van der Waals surface area contributed by atoms with Gasteiger partial charge >= 0.3 is 12.3 Å². The van der Waals surface area contributed by atoms with Gasteiger partial charge in [-0.25, -0.2) is 10.5 Å². The highest BCUT2D eigenvalue weighted by atomic mass is 19.3. The van der Waals surface area contributed by atoms with Crippen LogP contribution in [0.5, 0.6) is 5.75 Å². The molecule has 186 valence electrons. The predicted molar refractivity (Wildman–Crippen MR) is 131 cm³/mol. The SMILES string of the molecule is CC.CCCOC(=O)Nc1cccc(-c2c(C#N)c3ccc(OC(N)(F)F)cc3n2CC2CC2)c1. The molecule has 1 fully saturated rings. The van der Waals surface area contributed by atoms with Gasteiger partial charge in [0, 0.05) is 29.2 Å². The van der Waals surface area contributed by atoms with Gasteiger partial charge in [0.05, 0.1) is 23.4 Å². The van der Waals surface area contributed by atoms with E-state index in [9.17, 15) is 18.8 Å². The molecule has 0 atom stereocenters. The van der Waals surface area contributed by atoms with Crippen molar-refractivity contribution >= 4 is 22.7 Å². The molecule has 1 heterocycles. The first-order valence-electron chi connectivity index (χ1n) is 11.8. The molecule has 0 bridgehead atoms. The number of carbonyl (C=O) groups is 1. The van der Waals surface area contributed by atoms with Crippen molar-refractivity contribution in [3.8, 4) is 23.1 Å². The molecule has 1 aliphatic rings. The van der Waals surface area contributed by atoms with Crippen molar-refractivity contribution in [3.63, 3.8) is 0 Å². The molecule has 0 saturated heterocycles. The number of amides is 1. The van der Waals surface area contributed by atoms with Crippen LogP contribution in [0.25, 0.3) is 22.2 Å². The minimum atomic E-state index is -3.81. The summed E-state index contributed by atoms with van der Waals surface area (Å²) in [5, 5.41) is 13.3. The number of nitriles is 1. The molecule has 1 aromatic heterocycles. The Balaban J connectivity index is 0.00000167. The summed E-state index contributed by atoms with van der Waals surface area (Å²) >= 11 is 0. The van der Waals surface area contributed by atoms with Crippen LogP contribution >= 0.6 is 0 Å². The van der Waals surface area contributed by atoms with E-state index in [-0.39, 0.29) is 5.75 Å². The molecule has 3 aromatic rings. The lowest BCUT2D eigenvalue weighted by molar-refractivity contribution is -0.170. The second kappa shape index (κ2) is 11.2.